The minimum atomic E-state index is -0.976. The molecular weight excluding hydrogens is 332 g/mol. The van der Waals surface area contributed by atoms with Crippen LogP contribution in [0, 0.1) is 11.8 Å². The Morgan fingerprint density at radius 1 is 1.33 bits per heavy atom. The normalized spacial score (nSPS) is 28.2. The van der Waals surface area contributed by atoms with Gasteiger partial charge in [0.25, 0.3) is 0 Å². The van der Waals surface area contributed by atoms with Gasteiger partial charge in [-0.1, -0.05) is 11.3 Å². The number of amides is 1. The number of anilines is 1. The van der Waals surface area contributed by atoms with Crippen LogP contribution >= 0.6 is 11.3 Å². The van der Waals surface area contributed by atoms with Gasteiger partial charge >= 0.3 is 5.97 Å². The van der Waals surface area contributed by atoms with E-state index in [9.17, 15) is 14.7 Å². The molecule has 1 amide bonds. The zero-order valence-electron chi connectivity index (χ0n) is 12.9. The van der Waals surface area contributed by atoms with Crippen LogP contribution in [0.3, 0.4) is 0 Å². The molecule has 2 fully saturated rings. The Labute approximate surface area is 141 Å². The quantitative estimate of drug-likeness (QED) is 0.878. The fraction of sp³-hybridized carbons (Fsp3) is 0.438. The van der Waals surface area contributed by atoms with E-state index in [4.69, 9.17) is 9.47 Å². The molecule has 2 saturated heterocycles. The van der Waals surface area contributed by atoms with Gasteiger partial charge in [0.1, 0.15) is 5.75 Å². The maximum Gasteiger partial charge on any atom is 0.310 e. The molecule has 2 N–H and O–H groups in total. The number of carboxylic acid groups (broad SMARTS) is 1. The van der Waals surface area contributed by atoms with Gasteiger partial charge in [0.05, 0.1) is 41.4 Å². The first-order valence-electron chi connectivity index (χ1n) is 7.70. The maximum atomic E-state index is 12.6. The molecule has 7 nitrogen and oxygen atoms in total. The average molecular weight is 348 g/mol. The second kappa shape index (κ2) is 5.71. The summed E-state index contributed by atoms with van der Waals surface area (Å²) in [5, 5.41) is 12.6. The van der Waals surface area contributed by atoms with Crippen molar-refractivity contribution in [2.45, 2.75) is 25.0 Å². The van der Waals surface area contributed by atoms with Crippen molar-refractivity contribution >= 4 is 38.6 Å². The smallest absolute Gasteiger partial charge is 0.310 e. The van der Waals surface area contributed by atoms with Gasteiger partial charge in [0.2, 0.25) is 5.91 Å². The van der Waals surface area contributed by atoms with Crippen LogP contribution in [0.2, 0.25) is 0 Å². The van der Waals surface area contributed by atoms with Gasteiger partial charge in [-0.2, -0.15) is 0 Å². The van der Waals surface area contributed by atoms with Gasteiger partial charge in [-0.05, 0) is 31.0 Å². The summed E-state index contributed by atoms with van der Waals surface area (Å²) < 4.78 is 11.7. The minimum absolute atomic E-state index is 0.314. The number of thiazole rings is 1. The van der Waals surface area contributed by atoms with Gasteiger partial charge < -0.3 is 19.9 Å². The Kier molecular flexibility index (Phi) is 3.65. The van der Waals surface area contributed by atoms with E-state index in [1.807, 2.05) is 12.1 Å². The number of aliphatic carboxylic acids is 1. The van der Waals surface area contributed by atoms with Crippen molar-refractivity contribution in [2.75, 3.05) is 12.4 Å². The molecule has 24 heavy (non-hydrogen) atoms. The first-order chi connectivity index (χ1) is 11.6. The number of methoxy groups -OCH3 is 1. The molecule has 1 aromatic heterocycles. The number of hydrogen-bond donors (Lipinski definition) is 2. The molecule has 0 aliphatic carbocycles. The number of benzene rings is 1. The van der Waals surface area contributed by atoms with E-state index in [0.717, 1.165) is 22.4 Å². The SMILES string of the molecule is COc1ccc2nc(NC(=O)[C@@H]3[C@@H](C(=O)O)[C@H]4CC[C@H]3O4)sc2c1. The third-order valence-electron chi connectivity index (χ3n) is 4.69. The largest absolute Gasteiger partial charge is 0.497 e. The molecule has 1 aromatic carbocycles. The zero-order valence-corrected chi connectivity index (χ0v) is 13.7. The lowest BCUT2D eigenvalue weighted by molar-refractivity contribution is -0.147. The first-order valence-corrected chi connectivity index (χ1v) is 8.52. The Balaban J connectivity index is 1.56. The zero-order chi connectivity index (χ0) is 16.8. The van der Waals surface area contributed by atoms with E-state index in [1.165, 1.54) is 11.3 Å². The number of hydrogen-bond acceptors (Lipinski definition) is 6. The van der Waals surface area contributed by atoms with Gasteiger partial charge in [-0.25, -0.2) is 4.98 Å². The van der Waals surface area contributed by atoms with Crippen LogP contribution in [-0.4, -0.2) is 41.3 Å². The summed E-state index contributed by atoms with van der Waals surface area (Å²) >= 11 is 1.33. The molecule has 2 bridgehead atoms. The molecule has 0 saturated carbocycles. The molecule has 2 aliphatic heterocycles. The highest BCUT2D eigenvalue weighted by Crippen LogP contribution is 2.44. The number of fused-ring (bicyclic) bond motifs is 3. The number of rotatable bonds is 4. The molecule has 126 valence electrons. The summed E-state index contributed by atoms with van der Waals surface area (Å²) in [6.45, 7) is 0. The average Bonchev–Trinajstić information content (AvgIpc) is 3.26. The molecule has 4 rings (SSSR count). The van der Waals surface area contributed by atoms with Crippen molar-refractivity contribution in [1.82, 2.24) is 4.98 Å². The van der Waals surface area contributed by atoms with Crippen LogP contribution < -0.4 is 10.1 Å². The Bertz CT molecular complexity index is 820. The van der Waals surface area contributed by atoms with Gasteiger partial charge in [0.15, 0.2) is 5.13 Å². The van der Waals surface area contributed by atoms with Gasteiger partial charge in [0, 0.05) is 0 Å². The van der Waals surface area contributed by atoms with Crippen LogP contribution in [0.4, 0.5) is 5.13 Å². The van der Waals surface area contributed by atoms with E-state index >= 15 is 0 Å². The number of carbonyl (C=O) groups is 2. The number of aromatic nitrogens is 1. The van der Waals surface area contributed by atoms with E-state index in [1.54, 1.807) is 13.2 Å². The third-order valence-corrected chi connectivity index (χ3v) is 5.62. The second-order valence-electron chi connectivity index (χ2n) is 6.02. The van der Waals surface area contributed by atoms with Crippen molar-refractivity contribution < 1.29 is 24.2 Å². The van der Waals surface area contributed by atoms with E-state index in [-0.39, 0.29) is 18.1 Å². The molecular formula is C16H16N2O5S. The lowest BCUT2D eigenvalue weighted by Crippen LogP contribution is -2.40. The first kappa shape index (κ1) is 15.3. The van der Waals surface area contributed by atoms with Gasteiger partial charge in [-0.3, -0.25) is 9.59 Å². The number of nitrogens with one attached hydrogen (secondary N) is 1. The Morgan fingerprint density at radius 2 is 2.08 bits per heavy atom. The summed E-state index contributed by atoms with van der Waals surface area (Å²) in [4.78, 5) is 28.5. The number of carbonyl (C=O) groups excluding carboxylic acids is 1. The fourth-order valence-corrected chi connectivity index (χ4v) is 4.50. The van der Waals surface area contributed by atoms with Crippen LogP contribution in [0.1, 0.15) is 12.8 Å². The highest BCUT2D eigenvalue weighted by molar-refractivity contribution is 7.22. The second-order valence-corrected chi connectivity index (χ2v) is 7.05. The summed E-state index contributed by atoms with van der Waals surface area (Å²) in [6.07, 6.45) is 0.754. The van der Waals surface area contributed by atoms with E-state index in [0.29, 0.717) is 11.6 Å². The van der Waals surface area contributed by atoms with Crippen molar-refractivity contribution in [3.05, 3.63) is 18.2 Å². The fourth-order valence-electron chi connectivity index (χ4n) is 3.60. The lowest BCUT2D eigenvalue weighted by Gasteiger charge is -2.23. The summed E-state index contributed by atoms with van der Waals surface area (Å²) in [5.74, 6) is -2.03. The maximum absolute atomic E-state index is 12.6. The third kappa shape index (κ3) is 2.42. The highest BCUT2D eigenvalue weighted by Gasteiger charge is 2.55. The monoisotopic (exact) mass is 348 g/mol. The molecule has 2 aromatic rings. The summed E-state index contributed by atoms with van der Waals surface area (Å²) in [7, 11) is 1.59. The molecule has 0 unspecified atom stereocenters. The standard InChI is InChI=1S/C16H16N2O5S/c1-22-7-2-3-8-11(6-7)24-16(17-8)18-14(19)12-9-4-5-10(23-9)13(12)15(20)21/h2-3,6,9-10,12-13H,4-5H2,1H3,(H,20,21)(H,17,18,19)/t9-,10-,12+,13+/m1/s1. The van der Waals surface area contributed by atoms with E-state index in [2.05, 4.69) is 10.3 Å². The number of ether oxygens (including phenoxy) is 2. The Hall–Kier alpha value is -2.19. The number of nitrogens with zero attached hydrogens (tertiary/aromatic N) is 1. The highest BCUT2D eigenvalue weighted by atomic mass is 32.1. The van der Waals surface area contributed by atoms with Gasteiger partial charge in [-0.15, -0.1) is 0 Å². The molecule has 8 heteroatoms. The van der Waals surface area contributed by atoms with Crippen LogP contribution in [0.15, 0.2) is 18.2 Å². The lowest BCUT2D eigenvalue weighted by atomic mass is 9.79. The topological polar surface area (TPSA) is 97.8 Å². The predicted molar refractivity (Wildman–Crippen MR) is 87.3 cm³/mol. The van der Waals surface area contributed by atoms with E-state index < -0.39 is 17.8 Å². The van der Waals surface area contributed by atoms with Crippen LogP contribution in [0.5, 0.6) is 5.75 Å². The molecule has 4 atom stereocenters. The van der Waals surface area contributed by atoms with Crippen LogP contribution in [0.25, 0.3) is 10.2 Å². The van der Waals surface area contributed by atoms with Crippen molar-refractivity contribution in [3.8, 4) is 5.75 Å². The van der Waals surface area contributed by atoms with Crippen molar-refractivity contribution in [1.29, 1.82) is 0 Å². The van der Waals surface area contributed by atoms with Crippen molar-refractivity contribution in [3.63, 3.8) is 0 Å². The minimum Gasteiger partial charge on any atom is -0.497 e. The van der Waals surface area contributed by atoms with Crippen molar-refractivity contribution in [2.24, 2.45) is 11.8 Å². The Morgan fingerprint density at radius 3 is 2.79 bits per heavy atom. The summed E-state index contributed by atoms with van der Waals surface area (Å²) in [5.41, 5.74) is 0.759. The molecule has 2 aliphatic rings. The number of carboxylic acids is 1. The molecule has 0 radical (unpaired) electrons. The molecule has 3 heterocycles. The molecule has 0 spiro atoms. The summed E-state index contributed by atoms with van der Waals surface area (Å²) in [6, 6.07) is 5.47. The van der Waals surface area contributed by atoms with Crippen LogP contribution in [-0.2, 0) is 14.3 Å². The predicted octanol–water partition coefficient (Wildman–Crippen LogP) is 2.12.